The van der Waals surface area contributed by atoms with E-state index in [1.165, 1.54) is 4.90 Å². The molecule has 2 fully saturated rings. The number of esters is 1. The first kappa shape index (κ1) is 18.9. The Morgan fingerprint density at radius 1 is 1.35 bits per heavy atom. The number of hydrogen-bond acceptors (Lipinski definition) is 5. The summed E-state index contributed by atoms with van der Waals surface area (Å²) in [6.45, 7) is 5.14. The number of imide groups is 1. The summed E-state index contributed by atoms with van der Waals surface area (Å²) < 4.78 is 5.11. The van der Waals surface area contributed by atoms with E-state index in [-0.39, 0.29) is 30.1 Å². The molecule has 140 valence electrons. The van der Waals surface area contributed by atoms with Gasteiger partial charge in [-0.3, -0.25) is 19.3 Å². The third-order valence-corrected chi connectivity index (χ3v) is 5.46. The van der Waals surface area contributed by atoms with Crippen LogP contribution in [0.15, 0.2) is 18.2 Å². The number of amides is 2. The normalized spacial score (nSPS) is 24.2. The molecule has 0 N–H and O–H groups in total. The lowest BCUT2D eigenvalue weighted by Gasteiger charge is -2.34. The van der Waals surface area contributed by atoms with Crippen molar-refractivity contribution < 1.29 is 19.1 Å². The standard InChI is InChI=1S/C19H23ClN2O4/c1-3-26-19(25)13-5-4-8-21(11-13)16-10-17(23)22(18(16)24)14-7-6-12(2)15(20)9-14/h6-7,9,13,16H,3-5,8,10-11H2,1-2H3/t13-,16-/m1/s1. The Bertz CT molecular complexity index is 736. The lowest BCUT2D eigenvalue weighted by molar-refractivity contribution is -0.150. The van der Waals surface area contributed by atoms with Gasteiger partial charge in [-0.25, -0.2) is 4.90 Å². The van der Waals surface area contributed by atoms with Crippen molar-refractivity contribution in [2.45, 2.75) is 39.2 Å². The Kier molecular flexibility index (Phi) is 5.63. The Balaban J connectivity index is 1.75. The van der Waals surface area contributed by atoms with Crippen LogP contribution in [-0.2, 0) is 19.1 Å². The summed E-state index contributed by atoms with van der Waals surface area (Å²) in [5.74, 6) is -0.955. The first-order valence-electron chi connectivity index (χ1n) is 8.96. The topological polar surface area (TPSA) is 66.9 Å². The predicted octanol–water partition coefficient (Wildman–Crippen LogP) is 2.56. The van der Waals surface area contributed by atoms with Gasteiger partial charge in [0.25, 0.3) is 5.91 Å². The van der Waals surface area contributed by atoms with Gasteiger partial charge in [0.2, 0.25) is 5.91 Å². The fourth-order valence-electron chi connectivity index (χ4n) is 3.64. The highest BCUT2D eigenvalue weighted by Gasteiger charge is 2.44. The van der Waals surface area contributed by atoms with Crippen LogP contribution >= 0.6 is 11.6 Å². The van der Waals surface area contributed by atoms with Crippen molar-refractivity contribution in [3.63, 3.8) is 0 Å². The molecule has 0 radical (unpaired) electrons. The molecule has 0 spiro atoms. The summed E-state index contributed by atoms with van der Waals surface area (Å²) in [7, 11) is 0. The zero-order chi connectivity index (χ0) is 18.8. The highest BCUT2D eigenvalue weighted by molar-refractivity contribution is 6.32. The van der Waals surface area contributed by atoms with E-state index in [1.807, 2.05) is 11.8 Å². The number of anilines is 1. The van der Waals surface area contributed by atoms with E-state index in [2.05, 4.69) is 0 Å². The molecule has 7 heteroatoms. The summed E-state index contributed by atoms with van der Waals surface area (Å²) in [5, 5.41) is 0.520. The molecule has 2 aliphatic heterocycles. The molecule has 26 heavy (non-hydrogen) atoms. The highest BCUT2D eigenvalue weighted by Crippen LogP contribution is 2.31. The van der Waals surface area contributed by atoms with Crippen molar-refractivity contribution in [2.24, 2.45) is 5.92 Å². The monoisotopic (exact) mass is 378 g/mol. The van der Waals surface area contributed by atoms with Crippen LogP contribution in [0, 0.1) is 12.8 Å². The number of piperidine rings is 1. The van der Waals surface area contributed by atoms with Crippen LogP contribution in [0.1, 0.15) is 31.7 Å². The number of aryl methyl sites for hydroxylation is 1. The van der Waals surface area contributed by atoms with Gasteiger partial charge in [0.15, 0.2) is 0 Å². The van der Waals surface area contributed by atoms with Crippen molar-refractivity contribution in [3.8, 4) is 0 Å². The van der Waals surface area contributed by atoms with Gasteiger partial charge in [0.05, 0.1) is 30.7 Å². The maximum absolute atomic E-state index is 12.9. The molecule has 2 saturated heterocycles. The van der Waals surface area contributed by atoms with Crippen molar-refractivity contribution in [2.75, 3.05) is 24.6 Å². The minimum absolute atomic E-state index is 0.125. The number of ether oxygens (including phenoxy) is 1. The van der Waals surface area contributed by atoms with E-state index in [0.717, 1.165) is 18.4 Å². The number of benzene rings is 1. The minimum atomic E-state index is -0.528. The van der Waals surface area contributed by atoms with Crippen LogP contribution < -0.4 is 4.90 Å². The van der Waals surface area contributed by atoms with Gasteiger partial charge in [-0.15, -0.1) is 0 Å². The van der Waals surface area contributed by atoms with Gasteiger partial charge >= 0.3 is 5.97 Å². The summed E-state index contributed by atoms with van der Waals surface area (Å²) >= 11 is 6.15. The molecular weight excluding hydrogens is 356 g/mol. The van der Waals surface area contributed by atoms with Gasteiger partial charge in [-0.1, -0.05) is 17.7 Å². The molecule has 0 aromatic heterocycles. The molecule has 0 bridgehead atoms. The van der Waals surface area contributed by atoms with Crippen molar-refractivity contribution in [1.82, 2.24) is 4.90 Å². The molecule has 0 aliphatic carbocycles. The number of halogens is 1. The number of likely N-dealkylation sites (tertiary alicyclic amines) is 1. The van der Waals surface area contributed by atoms with E-state index in [0.29, 0.717) is 30.4 Å². The number of rotatable bonds is 4. The van der Waals surface area contributed by atoms with Gasteiger partial charge in [-0.2, -0.15) is 0 Å². The van der Waals surface area contributed by atoms with Crippen LogP contribution in [0.3, 0.4) is 0 Å². The first-order chi connectivity index (χ1) is 12.4. The predicted molar refractivity (Wildman–Crippen MR) is 98.0 cm³/mol. The van der Waals surface area contributed by atoms with E-state index < -0.39 is 6.04 Å². The maximum Gasteiger partial charge on any atom is 0.310 e. The number of hydrogen-bond donors (Lipinski definition) is 0. The Hall–Kier alpha value is -1.92. The van der Waals surface area contributed by atoms with Gasteiger partial charge < -0.3 is 4.74 Å². The molecule has 3 rings (SSSR count). The Morgan fingerprint density at radius 3 is 2.81 bits per heavy atom. The number of carbonyl (C=O) groups excluding carboxylic acids is 3. The minimum Gasteiger partial charge on any atom is -0.466 e. The average Bonchev–Trinajstić information content (AvgIpc) is 2.92. The fraction of sp³-hybridized carbons (Fsp3) is 0.526. The molecule has 0 saturated carbocycles. The smallest absolute Gasteiger partial charge is 0.310 e. The second-order valence-electron chi connectivity index (χ2n) is 6.81. The third-order valence-electron chi connectivity index (χ3n) is 5.05. The lowest BCUT2D eigenvalue weighted by atomic mass is 9.96. The van der Waals surface area contributed by atoms with Gasteiger partial charge in [0, 0.05) is 11.6 Å². The van der Waals surface area contributed by atoms with E-state index in [9.17, 15) is 14.4 Å². The van der Waals surface area contributed by atoms with E-state index in [4.69, 9.17) is 16.3 Å². The van der Waals surface area contributed by atoms with Crippen molar-refractivity contribution >= 4 is 35.1 Å². The van der Waals surface area contributed by atoms with Crippen LogP contribution in [0.25, 0.3) is 0 Å². The van der Waals surface area contributed by atoms with Crippen LogP contribution in [0.5, 0.6) is 0 Å². The molecule has 2 aliphatic rings. The second-order valence-corrected chi connectivity index (χ2v) is 7.21. The number of carbonyl (C=O) groups is 3. The summed E-state index contributed by atoms with van der Waals surface area (Å²) in [6, 6.07) is 4.65. The summed E-state index contributed by atoms with van der Waals surface area (Å²) in [5.41, 5.74) is 1.39. The fourth-order valence-corrected chi connectivity index (χ4v) is 3.81. The van der Waals surface area contributed by atoms with Gasteiger partial charge in [-0.05, 0) is 50.9 Å². The lowest BCUT2D eigenvalue weighted by Crippen LogP contribution is -2.48. The Morgan fingerprint density at radius 2 is 2.12 bits per heavy atom. The van der Waals surface area contributed by atoms with Gasteiger partial charge in [0.1, 0.15) is 0 Å². The molecule has 2 amide bonds. The van der Waals surface area contributed by atoms with E-state index in [1.54, 1.807) is 25.1 Å². The molecule has 2 heterocycles. The van der Waals surface area contributed by atoms with Crippen LogP contribution in [0.2, 0.25) is 5.02 Å². The molecular formula is C19H23ClN2O4. The number of nitrogens with zero attached hydrogens (tertiary/aromatic N) is 2. The second kappa shape index (κ2) is 7.76. The third kappa shape index (κ3) is 3.62. The summed E-state index contributed by atoms with van der Waals surface area (Å²) in [6.07, 6.45) is 1.68. The molecule has 2 atom stereocenters. The summed E-state index contributed by atoms with van der Waals surface area (Å²) in [4.78, 5) is 40.6. The van der Waals surface area contributed by atoms with Crippen molar-refractivity contribution in [1.29, 1.82) is 0 Å². The molecule has 1 aromatic rings. The quantitative estimate of drug-likeness (QED) is 0.595. The zero-order valence-corrected chi connectivity index (χ0v) is 15.8. The highest BCUT2D eigenvalue weighted by atomic mass is 35.5. The largest absolute Gasteiger partial charge is 0.466 e. The van der Waals surface area contributed by atoms with Crippen LogP contribution in [-0.4, -0.2) is 48.4 Å². The zero-order valence-electron chi connectivity index (χ0n) is 15.0. The Labute approximate surface area is 158 Å². The molecule has 1 aromatic carbocycles. The van der Waals surface area contributed by atoms with E-state index >= 15 is 0 Å². The maximum atomic E-state index is 12.9. The SMILES string of the molecule is CCOC(=O)[C@@H]1CCCN([C@@H]2CC(=O)N(c3ccc(C)c(Cl)c3)C2=O)C1. The van der Waals surface area contributed by atoms with Crippen molar-refractivity contribution in [3.05, 3.63) is 28.8 Å². The molecule has 6 nitrogen and oxygen atoms in total. The molecule has 0 unspecified atom stereocenters. The first-order valence-corrected chi connectivity index (χ1v) is 9.33. The van der Waals surface area contributed by atoms with Crippen LogP contribution in [0.4, 0.5) is 5.69 Å². The average molecular weight is 379 g/mol.